The molecule has 0 saturated carbocycles. The largest absolute Gasteiger partial charge is 0.314 e. The standard InChI is InChI=1S/C11H19N3O/c1-8-10(13-14(2)11(8)15)7-9-5-3-4-6-12-9/h9,12-13H,3-7H2,1-2H3. The third kappa shape index (κ3) is 2.15. The topological polar surface area (TPSA) is 49.8 Å². The molecule has 15 heavy (non-hydrogen) atoms. The summed E-state index contributed by atoms with van der Waals surface area (Å²) in [4.78, 5) is 11.5. The van der Waals surface area contributed by atoms with Crippen LogP contribution in [0.2, 0.25) is 0 Å². The number of piperidine rings is 1. The van der Waals surface area contributed by atoms with Gasteiger partial charge < -0.3 is 5.32 Å². The first-order chi connectivity index (χ1) is 7.18. The van der Waals surface area contributed by atoms with Crippen LogP contribution in [0.15, 0.2) is 4.79 Å². The molecule has 0 aromatic carbocycles. The number of aryl methyl sites for hydroxylation is 1. The molecule has 1 aromatic heterocycles. The van der Waals surface area contributed by atoms with Gasteiger partial charge in [-0.05, 0) is 26.3 Å². The molecule has 4 nitrogen and oxygen atoms in total. The highest BCUT2D eigenvalue weighted by molar-refractivity contribution is 5.16. The molecule has 1 unspecified atom stereocenters. The van der Waals surface area contributed by atoms with Gasteiger partial charge in [-0.2, -0.15) is 0 Å². The van der Waals surface area contributed by atoms with E-state index in [1.807, 2.05) is 6.92 Å². The lowest BCUT2D eigenvalue weighted by atomic mass is 9.99. The molecule has 0 radical (unpaired) electrons. The second kappa shape index (κ2) is 4.23. The summed E-state index contributed by atoms with van der Waals surface area (Å²) in [5.41, 5.74) is 2.05. The van der Waals surface area contributed by atoms with E-state index < -0.39 is 0 Å². The number of hydrogen-bond acceptors (Lipinski definition) is 2. The molecule has 84 valence electrons. The summed E-state index contributed by atoms with van der Waals surface area (Å²) in [7, 11) is 1.77. The van der Waals surface area contributed by atoms with E-state index in [0.29, 0.717) is 6.04 Å². The number of aromatic nitrogens is 2. The van der Waals surface area contributed by atoms with Crippen LogP contribution in [0.1, 0.15) is 30.5 Å². The molecule has 1 fully saturated rings. The van der Waals surface area contributed by atoms with Crippen molar-refractivity contribution in [3.63, 3.8) is 0 Å². The molecule has 1 atom stereocenters. The molecule has 0 spiro atoms. The number of rotatable bonds is 2. The number of aromatic amines is 1. The van der Waals surface area contributed by atoms with Gasteiger partial charge in [0.15, 0.2) is 0 Å². The predicted molar refractivity (Wildman–Crippen MR) is 60.1 cm³/mol. The maximum absolute atomic E-state index is 11.5. The van der Waals surface area contributed by atoms with Crippen LogP contribution in [0, 0.1) is 6.92 Å². The van der Waals surface area contributed by atoms with Crippen molar-refractivity contribution >= 4 is 0 Å². The van der Waals surface area contributed by atoms with Gasteiger partial charge in [-0.3, -0.25) is 14.6 Å². The molecule has 1 saturated heterocycles. The Kier molecular flexibility index (Phi) is 2.95. The molecule has 2 heterocycles. The van der Waals surface area contributed by atoms with Gasteiger partial charge in [0.05, 0.1) is 0 Å². The second-order valence-electron chi connectivity index (χ2n) is 4.43. The minimum atomic E-state index is 0.0980. The molecule has 0 amide bonds. The molecule has 4 heteroatoms. The van der Waals surface area contributed by atoms with E-state index in [4.69, 9.17) is 0 Å². The van der Waals surface area contributed by atoms with Crippen LogP contribution in [0.3, 0.4) is 0 Å². The van der Waals surface area contributed by atoms with Crippen molar-refractivity contribution in [3.8, 4) is 0 Å². The van der Waals surface area contributed by atoms with Crippen molar-refractivity contribution in [2.75, 3.05) is 6.54 Å². The van der Waals surface area contributed by atoms with Gasteiger partial charge >= 0.3 is 0 Å². The molecular weight excluding hydrogens is 190 g/mol. The van der Waals surface area contributed by atoms with Gasteiger partial charge in [-0.15, -0.1) is 0 Å². The van der Waals surface area contributed by atoms with Crippen molar-refractivity contribution in [3.05, 3.63) is 21.6 Å². The van der Waals surface area contributed by atoms with E-state index in [9.17, 15) is 4.79 Å². The first kappa shape index (κ1) is 10.5. The predicted octanol–water partition coefficient (Wildman–Crippen LogP) is 0.706. The highest BCUT2D eigenvalue weighted by Crippen LogP contribution is 2.12. The molecule has 1 aromatic rings. The monoisotopic (exact) mass is 209 g/mol. The summed E-state index contributed by atoms with van der Waals surface area (Å²) in [5.74, 6) is 0. The number of hydrogen-bond donors (Lipinski definition) is 2. The second-order valence-corrected chi connectivity index (χ2v) is 4.43. The maximum atomic E-state index is 11.5. The SMILES string of the molecule is Cc1c(CC2CCCCN2)[nH]n(C)c1=O. The summed E-state index contributed by atoms with van der Waals surface area (Å²) in [6.45, 7) is 3.01. The maximum Gasteiger partial charge on any atom is 0.269 e. The molecule has 2 N–H and O–H groups in total. The smallest absolute Gasteiger partial charge is 0.269 e. The number of nitrogens with zero attached hydrogens (tertiary/aromatic N) is 1. The average Bonchev–Trinajstić information content (AvgIpc) is 2.48. The molecule has 0 aliphatic carbocycles. The molecular formula is C11H19N3O. The van der Waals surface area contributed by atoms with Crippen molar-refractivity contribution in [2.45, 2.75) is 38.6 Å². The van der Waals surface area contributed by atoms with Crippen LogP contribution in [0.4, 0.5) is 0 Å². The van der Waals surface area contributed by atoms with Gasteiger partial charge in [0, 0.05) is 30.8 Å². The molecule has 1 aliphatic rings. The fourth-order valence-corrected chi connectivity index (χ4v) is 2.26. The lowest BCUT2D eigenvalue weighted by Gasteiger charge is -2.22. The van der Waals surface area contributed by atoms with Crippen molar-refractivity contribution in [1.29, 1.82) is 0 Å². The number of H-pyrrole nitrogens is 1. The Hall–Kier alpha value is -1.03. The highest BCUT2D eigenvalue weighted by atomic mass is 16.1. The summed E-state index contributed by atoms with van der Waals surface area (Å²) in [5, 5.41) is 6.62. The van der Waals surface area contributed by atoms with Crippen LogP contribution in [0.25, 0.3) is 0 Å². The zero-order valence-electron chi connectivity index (χ0n) is 9.47. The third-order valence-corrected chi connectivity index (χ3v) is 3.24. The average molecular weight is 209 g/mol. The fraction of sp³-hybridized carbons (Fsp3) is 0.727. The van der Waals surface area contributed by atoms with E-state index in [1.165, 1.54) is 19.3 Å². The van der Waals surface area contributed by atoms with Crippen molar-refractivity contribution in [2.24, 2.45) is 7.05 Å². The van der Waals surface area contributed by atoms with Crippen LogP contribution in [0.5, 0.6) is 0 Å². The van der Waals surface area contributed by atoms with E-state index in [-0.39, 0.29) is 5.56 Å². The lowest BCUT2D eigenvalue weighted by molar-refractivity contribution is 0.396. The zero-order chi connectivity index (χ0) is 10.8. The van der Waals surface area contributed by atoms with Crippen LogP contribution in [-0.2, 0) is 13.5 Å². The van der Waals surface area contributed by atoms with E-state index in [2.05, 4.69) is 10.4 Å². The van der Waals surface area contributed by atoms with Gasteiger partial charge in [0.25, 0.3) is 5.56 Å². The number of nitrogens with one attached hydrogen (secondary N) is 2. The lowest BCUT2D eigenvalue weighted by Crippen LogP contribution is -2.35. The quantitative estimate of drug-likeness (QED) is 0.753. The van der Waals surface area contributed by atoms with E-state index in [1.54, 1.807) is 11.7 Å². The summed E-state index contributed by atoms with van der Waals surface area (Å²) in [6, 6.07) is 0.538. The Labute approximate surface area is 89.7 Å². The minimum Gasteiger partial charge on any atom is -0.314 e. The summed E-state index contributed by atoms with van der Waals surface area (Å²) >= 11 is 0. The molecule has 1 aliphatic heterocycles. The Bertz CT molecular complexity index is 385. The van der Waals surface area contributed by atoms with Gasteiger partial charge in [0.2, 0.25) is 0 Å². The fourth-order valence-electron chi connectivity index (χ4n) is 2.26. The minimum absolute atomic E-state index is 0.0980. The summed E-state index contributed by atoms with van der Waals surface area (Å²) in [6.07, 6.45) is 4.74. The molecule has 2 rings (SSSR count). The normalized spacial score (nSPS) is 21.9. The Morgan fingerprint density at radius 1 is 1.47 bits per heavy atom. The highest BCUT2D eigenvalue weighted by Gasteiger charge is 2.16. The van der Waals surface area contributed by atoms with E-state index >= 15 is 0 Å². The van der Waals surface area contributed by atoms with Gasteiger partial charge in [-0.1, -0.05) is 6.42 Å². The van der Waals surface area contributed by atoms with Gasteiger partial charge in [-0.25, -0.2) is 0 Å². The van der Waals surface area contributed by atoms with Crippen molar-refractivity contribution in [1.82, 2.24) is 15.1 Å². The Morgan fingerprint density at radius 3 is 2.80 bits per heavy atom. The first-order valence-electron chi connectivity index (χ1n) is 5.66. The van der Waals surface area contributed by atoms with Crippen LogP contribution < -0.4 is 10.9 Å². The van der Waals surface area contributed by atoms with Crippen LogP contribution >= 0.6 is 0 Å². The molecule has 0 bridgehead atoms. The van der Waals surface area contributed by atoms with Crippen LogP contribution in [-0.4, -0.2) is 22.4 Å². The van der Waals surface area contributed by atoms with Gasteiger partial charge in [0.1, 0.15) is 0 Å². The summed E-state index contributed by atoms with van der Waals surface area (Å²) < 4.78 is 1.56. The third-order valence-electron chi connectivity index (χ3n) is 3.24. The van der Waals surface area contributed by atoms with Crippen molar-refractivity contribution < 1.29 is 0 Å². The zero-order valence-corrected chi connectivity index (χ0v) is 9.47. The first-order valence-corrected chi connectivity index (χ1v) is 5.66. The Morgan fingerprint density at radius 2 is 2.27 bits per heavy atom. The van der Waals surface area contributed by atoms with E-state index in [0.717, 1.165) is 24.2 Å². The Balaban J connectivity index is 2.09.